The van der Waals surface area contributed by atoms with Crippen molar-refractivity contribution in [2.45, 2.75) is 32.2 Å². The molecule has 2 heterocycles. The molecule has 1 N–H and O–H groups in total. The smallest absolute Gasteiger partial charge is 0.277 e. The van der Waals surface area contributed by atoms with E-state index in [1.54, 1.807) is 12.1 Å². The zero-order chi connectivity index (χ0) is 24.0. The van der Waals surface area contributed by atoms with Crippen LogP contribution in [0, 0.1) is 17.0 Å². The first-order valence-electron chi connectivity index (χ1n) is 11.3. The van der Waals surface area contributed by atoms with E-state index in [0.717, 1.165) is 0 Å². The second kappa shape index (κ2) is 6.68. The second-order valence-corrected chi connectivity index (χ2v) is 9.58. The molecule has 6 rings (SSSR count). The molecule has 1 aromatic heterocycles. The van der Waals surface area contributed by atoms with Gasteiger partial charge in [0.25, 0.3) is 5.91 Å². The summed E-state index contributed by atoms with van der Waals surface area (Å²) in [5.41, 5.74) is 0.0334. The summed E-state index contributed by atoms with van der Waals surface area (Å²) in [5, 5.41) is 12.5. The van der Waals surface area contributed by atoms with E-state index in [-0.39, 0.29) is 24.0 Å². The van der Waals surface area contributed by atoms with Crippen molar-refractivity contribution in [3.8, 4) is 5.75 Å². The summed E-state index contributed by atoms with van der Waals surface area (Å²) in [5.74, 6) is -1.76. The number of rotatable bonds is 2. The predicted molar refractivity (Wildman–Crippen MR) is 121 cm³/mol. The Morgan fingerprint density at radius 1 is 0.971 bits per heavy atom. The molecular formula is C26H23F2N3O3. The molecule has 0 saturated heterocycles. The third-order valence-electron chi connectivity index (χ3n) is 7.90. The van der Waals surface area contributed by atoms with Crippen molar-refractivity contribution in [1.82, 2.24) is 9.58 Å². The van der Waals surface area contributed by atoms with Gasteiger partial charge < -0.3 is 10.0 Å². The molecule has 0 fully saturated rings. The normalized spacial score (nSPS) is 24.6. The Bertz CT molecular complexity index is 1390. The highest BCUT2D eigenvalue weighted by molar-refractivity contribution is 5.96. The quantitative estimate of drug-likeness (QED) is 0.634. The molecule has 174 valence electrons. The van der Waals surface area contributed by atoms with Gasteiger partial charge >= 0.3 is 0 Å². The summed E-state index contributed by atoms with van der Waals surface area (Å²) in [6, 6.07) is 11.1. The van der Waals surface area contributed by atoms with Crippen LogP contribution in [0.3, 0.4) is 0 Å². The molecule has 8 heteroatoms. The van der Waals surface area contributed by atoms with Crippen molar-refractivity contribution < 1.29 is 18.7 Å². The molecule has 0 saturated carbocycles. The predicted octanol–water partition coefficient (Wildman–Crippen LogP) is 3.27. The lowest BCUT2D eigenvalue weighted by Gasteiger charge is -2.53. The number of fused-ring (bicyclic) bond motifs is 6. The highest BCUT2D eigenvalue weighted by Crippen LogP contribution is 2.64. The van der Waals surface area contributed by atoms with E-state index < -0.39 is 28.0 Å². The monoisotopic (exact) mass is 463 g/mol. The van der Waals surface area contributed by atoms with Crippen molar-refractivity contribution in [3.63, 3.8) is 0 Å². The minimum Gasteiger partial charge on any atom is -0.502 e. The fourth-order valence-electron chi connectivity index (χ4n) is 6.51. The molecule has 3 aliphatic rings. The van der Waals surface area contributed by atoms with Crippen LogP contribution in [0.15, 0.2) is 53.5 Å². The molecule has 0 bridgehead atoms. The van der Waals surface area contributed by atoms with Crippen LogP contribution in [0.4, 0.5) is 8.78 Å². The average molecular weight is 463 g/mol. The van der Waals surface area contributed by atoms with Crippen LogP contribution in [0.25, 0.3) is 0 Å². The minimum absolute atomic E-state index is 0.117. The fraction of sp³-hybridized carbons (Fsp3) is 0.308. The van der Waals surface area contributed by atoms with Crippen molar-refractivity contribution in [3.05, 3.63) is 98.5 Å². The standard InChI is InChI=1S/C26H23F2N3O3/c1-3-29-14-31(30-11-10-21(32)23(33)22(30)24(29)34)26-17-6-4-8-19(27)15(17)12-25(26,2)13-16-18(26)7-5-9-20(16)28/h4-11,33H,3,12-14H2,1-2H3. The Kier molecular flexibility index (Phi) is 4.11. The van der Waals surface area contributed by atoms with Gasteiger partial charge in [0, 0.05) is 24.2 Å². The van der Waals surface area contributed by atoms with E-state index >= 15 is 8.78 Å². The van der Waals surface area contributed by atoms with Gasteiger partial charge in [-0.1, -0.05) is 31.2 Å². The number of amides is 1. The number of hydrogen-bond donors (Lipinski definition) is 1. The molecule has 0 spiro atoms. The SMILES string of the molecule is CCN1CN(C23c4cccc(F)c4CC2(C)Cc2c(F)cccc23)n2ccc(=O)c(O)c2C1=O. The highest BCUT2D eigenvalue weighted by atomic mass is 19.1. The molecular weight excluding hydrogens is 440 g/mol. The van der Waals surface area contributed by atoms with Gasteiger partial charge in [0.1, 0.15) is 23.8 Å². The van der Waals surface area contributed by atoms with Gasteiger partial charge in [0.2, 0.25) is 5.43 Å². The molecule has 3 aromatic rings. The zero-order valence-corrected chi connectivity index (χ0v) is 18.8. The lowest BCUT2D eigenvalue weighted by Crippen LogP contribution is -2.65. The van der Waals surface area contributed by atoms with Gasteiger partial charge in [-0.3, -0.25) is 19.3 Å². The Hall–Kier alpha value is -3.68. The maximum absolute atomic E-state index is 15.1. The van der Waals surface area contributed by atoms with Crippen LogP contribution in [0.5, 0.6) is 5.75 Å². The van der Waals surface area contributed by atoms with E-state index in [9.17, 15) is 14.7 Å². The molecule has 34 heavy (non-hydrogen) atoms. The summed E-state index contributed by atoms with van der Waals surface area (Å²) >= 11 is 0. The number of benzene rings is 2. The van der Waals surface area contributed by atoms with E-state index in [0.29, 0.717) is 41.6 Å². The molecule has 6 nitrogen and oxygen atoms in total. The maximum atomic E-state index is 15.1. The maximum Gasteiger partial charge on any atom is 0.277 e. The van der Waals surface area contributed by atoms with E-state index in [4.69, 9.17) is 0 Å². The molecule has 0 radical (unpaired) electrons. The van der Waals surface area contributed by atoms with E-state index in [1.807, 2.05) is 31.0 Å². The van der Waals surface area contributed by atoms with Gasteiger partial charge in [-0.05, 0) is 54.2 Å². The number of aromatic hydroxyl groups is 1. The number of aromatic nitrogens is 1. The number of carbonyl (C=O) groups is 1. The number of carbonyl (C=O) groups excluding carboxylic acids is 1. The van der Waals surface area contributed by atoms with Crippen molar-refractivity contribution in [2.75, 3.05) is 18.2 Å². The number of pyridine rings is 1. The van der Waals surface area contributed by atoms with Crippen LogP contribution in [0.1, 0.15) is 46.6 Å². The van der Waals surface area contributed by atoms with Crippen molar-refractivity contribution in [2.24, 2.45) is 5.41 Å². The van der Waals surface area contributed by atoms with E-state index in [2.05, 4.69) is 0 Å². The third kappa shape index (κ3) is 2.28. The van der Waals surface area contributed by atoms with Crippen molar-refractivity contribution >= 4 is 5.91 Å². The largest absolute Gasteiger partial charge is 0.502 e. The number of hydrogen-bond acceptors (Lipinski definition) is 4. The Balaban J connectivity index is 1.75. The van der Waals surface area contributed by atoms with Gasteiger partial charge in [0.05, 0.1) is 0 Å². The minimum atomic E-state index is -1.04. The average Bonchev–Trinajstić information content (AvgIpc) is 3.23. The summed E-state index contributed by atoms with van der Waals surface area (Å²) in [6.07, 6.45) is 2.22. The first kappa shape index (κ1) is 20.9. The first-order chi connectivity index (χ1) is 16.2. The molecule has 1 aliphatic heterocycles. The number of halogens is 2. The van der Waals surface area contributed by atoms with Crippen LogP contribution < -0.4 is 10.4 Å². The van der Waals surface area contributed by atoms with Crippen LogP contribution in [-0.4, -0.2) is 33.8 Å². The van der Waals surface area contributed by atoms with E-state index in [1.165, 1.54) is 34.0 Å². The van der Waals surface area contributed by atoms with Gasteiger partial charge in [-0.2, -0.15) is 0 Å². The third-order valence-corrected chi connectivity index (χ3v) is 7.90. The Morgan fingerprint density at radius 2 is 1.56 bits per heavy atom. The Morgan fingerprint density at radius 3 is 2.12 bits per heavy atom. The first-order valence-corrected chi connectivity index (χ1v) is 11.3. The summed E-state index contributed by atoms with van der Waals surface area (Å²) in [6.45, 7) is 4.27. The summed E-state index contributed by atoms with van der Waals surface area (Å²) in [7, 11) is 0. The van der Waals surface area contributed by atoms with Crippen LogP contribution in [-0.2, 0) is 18.4 Å². The van der Waals surface area contributed by atoms with Gasteiger partial charge in [-0.25, -0.2) is 8.78 Å². The fourth-order valence-corrected chi connectivity index (χ4v) is 6.51. The highest BCUT2D eigenvalue weighted by Gasteiger charge is 2.66. The second-order valence-electron chi connectivity index (χ2n) is 9.58. The molecule has 2 aliphatic carbocycles. The molecule has 1 amide bonds. The van der Waals surface area contributed by atoms with Crippen molar-refractivity contribution in [1.29, 1.82) is 0 Å². The van der Waals surface area contributed by atoms with Gasteiger partial charge in [-0.15, -0.1) is 0 Å². The lowest BCUT2D eigenvalue weighted by molar-refractivity contribution is 0.0618. The Labute approximate surface area is 194 Å². The summed E-state index contributed by atoms with van der Waals surface area (Å²) < 4.78 is 31.8. The molecule has 0 unspecified atom stereocenters. The van der Waals surface area contributed by atoms with Crippen LogP contribution >= 0.6 is 0 Å². The zero-order valence-electron chi connectivity index (χ0n) is 18.8. The lowest BCUT2D eigenvalue weighted by atomic mass is 9.71. The topological polar surface area (TPSA) is 65.8 Å². The van der Waals surface area contributed by atoms with Crippen LogP contribution in [0.2, 0.25) is 0 Å². The molecule has 0 atom stereocenters. The van der Waals surface area contributed by atoms with Gasteiger partial charge in [0.15, 0.2) is 11.4 Å². The summed E-state index contributed by atoms with van der Waals surface area (Å²) in [4.78, 5) is 27.0. The number of nitrogens with zero attached hydrogens (tertiary/aromatic N) is 3. The molecule has 2 aromatic carbocycles.